The Hall–Kier alpha value is -2.11. The summed E-state index contributed by atoms with van der Waals surface area (Å²) < 4.78 is 5.64. The highest BCUT2D eigenvalue weighted by Crippen LogP contribution is 2.17. The van der Waals surface area contributed by atoms with Crippen LogP contribution >= 0.6 is 0 Å². The molecule has 0 unspecified atom stereocenters. The largest absolute Gasteiger partial charge is 0.474 e. The molecule has 0 aromatic carbocycles. The van der Waals surface area contributed by atoms with Gasteiger partial charge in [0.05, 0.1) is 0 Å². The van der Waals surface area contributed by atoms with E-state index in [0.29, 0.717) is 37.4 Å². The highest BCUT2D eigenvalue weighted by Gasteiger charge is 2.23. The number of hydrogen-bond donors (Lipinski definition) is 1. The van der Waals surface area contributed by atoms with Crippen LogP contribution in [0.5, 0.6) is 5.88 Å². The zero-order valence-corrected chi connectivity index (χ0v) is 9.78. The number of aromatic nitrogens is 1. The third-order valence-corrected chi connectivity index (χ3v) is 2.90. The number of aldehydes is 1. The molecule has 2 heterocycles. The minimum atomic E-state index is -0.887. The van der Waals surface area contributed by atoms with Crippen LogP contribution < -0.4 is 4.74 Å². The van der Waals surface area contributed by atoms with Gasteiger partial charge in [-0.15, -0.1) is 0 Å². The van der Waals surface area contributed by atoms with Crippen molar-refractivity contribution in [2.24, 2.45) is 0 Å². The van der Waals surface area contributed by atoms with Gasteiger partial charge in [-0.2, -0.15) is 0 Å². The normalized spacial score (nSPS) is 16.3. The van der Waals surface area contributed by atoms with Crippen LogP contribution in [0, 0.1) is 0 Å². The zero-order chi connectivity index (χ0) is 13.0. The van der Waals surface area contributed by atoms with Crippen LogP contribution in [0.2, 0.25) is 0 Å². The van der Waals surface area contributed by atoms with E-state index in [9.17, 15) is 9.59 Å². The third-order valence-electron chi connectivity index (χ3n) is 2.90. The van der Waals surface area contributed by atoms with Gasteiger partial charge in [0.25, 0.3) is 0 Å². The summed E-state index contributed by atoms with van der Waals surface area (Å²) in [6.07, 6.45) is 2.58. The molecule has 0 atom stereocenters. The number of nitrogens with zero attached hydrogens (tertiary/aromatic N) is 2. The Morgan fingerprint density at radius 1 is 1.44 bits per heavy atom. The van der Waals surface area contributed by atoms with Crippen LogP contribution in [0.15, 0.2) is 18.3 Å². The zero-order valence-electron chi connectivity index (χ0n) is 9.78. The molecular formula is C12H14N2O4. The summed E-state index contributed by atoms with van der Waals surface area (Å²) >= 11 is 0. The molecule has 0 spiro atoms. The minimum Gasteiger partial charge on any atom is -0.474 e. The molecule has 2 rings (SSSR count). The highest BCUT2D eigenvalue weighted by molar-refractivity contribution is 5.74. The van der Waals surface area contributed by atoms with E-state index >= 15 is 0 Å². The molecular weight excluding hydrogens is 236 g/mol. The number of pyridine rings is 1. The predicted octanol–water partition coefficient (Wildman–Crippen LogP) is 1.42. The lowest BCUT2D eigenvalue weighted by atomic mass is 10.1. The Balaban J connectivity index is 1.87. The summed E-state index contributed by atoms with van der Waals surface area (Å²) in [5.74, 6) is 0.467. The van der Waals surface area contributed by atoms with Crippen molar-refractivity contribution in [2.75, 3.05) is 13.1 Å². The number of likely N-dealkylation sites (tertiary alicyclic amines) is 1. The van der Waals surface area contributed by atoms with Crippen molar-refractivity contribution in [3.63, 3.8) is 0 Å². The fraction of sp³-hybridized carbons (Fsp3) is 0.417. The van der Waals surface area contributed by atoms with Crippen LogP contribution in [-0.4, -0.2) is 46.6 Å². The van der Waals surface area contributed by atoms with Gasteiger partial charge in [0.15, 0.2) is 6.29 Å². The van der Waals surface area contributed by atoms with Gasteiger partial charge >= 0.3 is 6.09 Å². The molecule has 0 bridgehead atoms. The summed E-state index contributed by atoms with van der Waals surface area (Å²) in [6.45, 7) is 0.957. The Labute approximate surface area is 104 Å². The van der Waals surface area contributed by atoms with Crippen LogP contribution in [-0.2, 0) is 0 Å². The van der Waals surface area contributed by atoms with E-state index in [1.807, 2.05) is 0 Å². The maximum Gasteiger partial charge on any atom is 0.407 e. The molecule has 1 aliphatic heterocycles. The van der Waals surface area contributed by atoms with E-state index in [1.165, 1.54) is 11.1 Å². The van der Waals surface area contributed by atoms with Gasteiger partial charge in [-0.25, -0.2) is 9.78 Å². The summed E-state index contributed by atoms with van der Waals surface area (Å²) in [5.41, 5.74) is 0.503. The lowest BCUT2D eigenvalue weighted by Crippen LogP contribution is -2.41. The van der Waals surface area contributed by atoms with E-state index in [4.69, 9.17) is 9.84 Å². The molecule has 1 aromatic rings. The quantitative estimate of drug-likeness (QED) is 0.820. The van der Waals surface area contributed by atoms with E-state index in [2.05, 4.69) is 4.98 Å². The van der Waals surface area contributed by atoms with Crippen molar-refractivity contribution in [3.05, 3.63) is 23.9 Å². The molecule has 1 N–H and O–H groups in total. The molecule has 6 nitrogen and oxygen atoms in total. The average Bonchev–Trinajstić information content (AvgIpc) is 2.40. The number of carbonyl (C=O) groups is 2. The predicted molar refractivity (Wildman–Crippen MR) is 62.9 cm³/mol. The number of carboxylic acid groups (broad SMARTS) is 1. The Morgan fingerprint density at radius 2 is 2.17 bits per heavy atom. The maximum absolute atomic E-state index is 10.7. The molecule has 1 amide bonds. The molecule has 0 radical (unpaired) electrons. The smallest absolute Gasteiger partial charge is 0.407 e. The highest BCUT2D eigenvalue weighted by atomic mass is 16.5. The van der Waals surface area contributed by atoms with E-state index in [0.717, 1.165) is 6.29 Å². The first kappa shape index (κ1) is 12.3. The lowest BCUT2D eigenvalue weighted by Gasteiger charge is -2.29. The van der Waals surface area contributed by atoms with E-state index in [-0.39, 0.29) is 6.10 Å². The van der Waals surface area contributed by atoms with Crippen molar-refractivity contribution < 1.29 is 19.4 Å². The molecule has 18 heavy (non-hydrogen) atoms. The third kappa shape index (κ3) is 2.97. The molecule has 1 aromatic heterocycles. The fourth-order valence-electron chi connectivity index (χ4n) is 1.87. The van der Waals surface area contributed by atoms with E-state index in [1.54, 1.807) is 12.1 Å². The monoisotopic (exact) mass is 250 g/mol. The van der Waals surface area contributed by atoms with Gasteiger partial charge < -0.3 is 14.7 Å². The Bertz CT molecular complexity index is 424. The molecule has 1 fully saturated rings. The summed E-state index contributed by atoms with van der Waals surface area (Å²) in [7, 11) is 0. The molecule has 6 heteroatoms. The van der Waals surface area contributed by atoms with Crippen molar-refractivity contribution in [1.29, 1.82) is 0 Å². The van der Waals surface area contributed by atoms with Gasteiger partial charge in [-0.1, -0.05) is 0 Å². The Morgan fingerprint density at radius 3 is 2.67 bits per heavy atom. The van der Waals surface area contributed by atoms with Gasteiger partial charge in [-0.05, 0) is 6.07 Å². The maximum atomic E-state index is 10.7. The van der Waals surface area contributed by atoms with Gasteiger partial charge in [0.2, 0.25) is 5.88 Å². The second-order valence-electron chi connectivity index (χ2n) is 4.13. The SMILES string of the molecule is O=Cc1ccc(OC2CCN(C(=O)O)CC2)nc1. The van der Waals surface area contributed by atoms with Crippen LogP contribution in [0.1, 0.15) is 23.2 Å². The van der Waals surface area contributed by atoms with Crippen molar-refractivity contribution in [3.8, 4) is 5.88 Å². The number of ether oxygens (including phenoxy) is 1. The molecule has 1 aliphatic rings. The van der Waals surface area contributed by atoms with Gasteiger partial charge in [-0.3, -0.25) is 4.79 Å². The van der Waals surface area contributed by atoms with Crippen molar-refractivity contribution in [1.82, 2.24) is 9.88 Å². The van der Waals surface area contributed by atoms with E-state index < -0.39 is 6.09 Å². The lowest BCUT2D eigenvalue weighted by molar-refractivity contribution is 0.0871. The summed E-state index contributed by atoms with van der Waals surface area (Å²) in [4.78, 5) is 26.6. The molecule has 0 aliphatic carbocycles. The first-order valence-corrected chi connectivity index (χ1v) is 5.75. The summed E-state index contributed by atoms with van der Waals surface area (Å²) in [6, 6.07) is 3.29. The molecule has 0 saturated carbocycles. The fourth-order valence-corrected chi connectivity index (χ4v) is 1.87. The van der Waals surface area contributed by atoms with Crippen LogP contribution in [0.25, 0.3) is 0 Å². The number of piperidine rings is 1. The Kier molecular flexibility index (Phi) is 3.76. The first-order chi connectivity index (χ1) is 8.69. The number of hydrogen-bond acceptors (Lipinski definition) is 4. The first-order valence-electron chi connectivity index (χ1n) is 5.75. The molecule has 96 valence electrons. The molecule has 1 saturated heterocycles. The standard InChI is InChI=1S/C12H14N2O4/c15-8-9-1-2-11(13-7-9)18-10-3-5-14(6-4-10)12(16)17/h1-2,7-8,10H,3-6H2,(H,16,17). The number of carbonyl (C=O) groups excluding carboxylic acids is 1. The average molecular weight is 250 g/mol. The number of amides is 1. The second-order valence-corrected chi connectivity index (χ2v) is 4.13. The van der Waals surface area contributed by atoms with Crippen LogP contribution in [0.3, 0.4) is 0 Å². The van der Waals surface area contributed by atoms with Crippen LogP contribution in [0.4, 0.5) is 4.79 Å². The topological polar surface area (TPSA) is 79.7 Å². The van der Waals surface area contributed by atoms with Gasteiger partial charge in [0.1, 0.15) is 6.10 Å². The van der Waals surface area contributed by atoms with Crippen molar-refractivity contribution in [2.45, 2.75) is 18.9 Å². The second kappa shape index (κ2) is 5.48. The number of rotatable bonds is 3. The minimum absolute atomic E-state index is 0.0184. The van der Waals surface area contributed by atoms with Crippen molar-refractivity contribution >= 4 is 12.4 Å². The van der Waals surface area contributed by atoms with Gasteiger partial charge in [0, 0.05) is 43.8 Å². The summed E-state index contributed by atoms with van der Waals surface area (Å²) in [5, 5.41) is 8.81.